The van der Waals surface area contributed by atoms with Crippen molar-refractivity contribution in [3.8, 4) is 5.75 Å². The van der Waals surface area contributed by atoms with E-state index < -0.39 is 0 Å². The van der Waals surface area contributed by atoms with Crippen molar-refractivity contribution >= 4 is 0 Å². The fourth-order valence-electron chi connectivity index (χ4n) is 3.41. The third kappa shape index (κ3) is 5.55. The van der Waals surface area contributed by atoms with Gasteiger partial charge in [-0.05, 0) is 52.2 Å². The summed E-state index contributed by atoms with van der Waals surface area (Å²) in [6, 6.07) is 4.47. The highest BCUT2D eigenvalue weighted by atomic mass is 16.3. The molecule has 0 radical (unpaired) electrons. The van der Waals surface area contributed by atoms with Gasteiger partial charge in [-0.25, -0.2) is 0 Å². The summed E-state index contributed by atoms with van der Waals surface area (Å²) < 4.78 is 0. The third-order valence-corrected chi connectivity index (χ3v) is 4.88. The molecule has 0 aliphatic carbocycles. The second-order valence-electron chi connectivity index (χ2n) is 9.67. The van der Waals surface area contributed by atoms with Crippen LogP contribution in [-0.2, 0) is 18.3 Å². The van der Waals surface area contributed by atoms with E-state index in [0.29, 0.717) is 17.6 Å². The standard InChI is InChI=1S/C22H38O/c1-10-18(21(4,5)6)14-17-12-16(11-15(2)3)13-19(20(17)23)22(7,8)9/h12-13,15,18,23H,10-11,14H2,1-9H3. The third-order valence-electron chi connectivity index (χ3n) is 4.88. The van der Waals surface area contributed by atoms with Gasteiger partial charge in [0.15, 0.2) is 0 Å². The zero-order valence-electron chi connectivity index (χ0n) is 16.9. The molecular formula is C22H38O. The average Bonchev–Trinajstić information content (AvgIpc) is 2.35. The summed E-state index contributed by atoms with van der Waals surface area (Å²) in [6.45, 7) is 20.3. The number of phenols is 1. The molecule has 0 aliphatic rings. The molecule has 0 bridgehead atoms. The van der Waals surface area contributed by atoms with E-state index >= 15 is 0 Å². The second kappa shape index (κ2) is 7.28. The highest BCUT2D eigenvalue weighted by molar-refractivity contribution is 5.47. The van der Waals surface area contributed by atoms with Crippen molar-refractivity contribution in [2.24, 2.45) is 17.3 Å². The number of phenolic OH excluding ortho intramolecular Hbond substituents is 1. The van der Waals surface area contributed by atoms with Crippen molar-refractivity contribution in [1.29, 1.82) is 0 Å². The predicted molar refractivity (Wildman–Crippen MR) is 102 cm³/mol. The van der Waals surface area contributed by atoms with E-state index in [0.717, 1.165) is 30.4 Å². The topological polar surface area (TPSA) is 20.2 Å². The van der Waals surface area contributed by atoms with E-state index in [1.54, 1.807) is 0 Å². The maximum absolute atomic E-state index is 10.9. The maximum Gasteiger partial charge on any atom is 0.122 e. The van der Waals surface area contributed by atoms with Crippen LogP contribution in [0.2, 0.25) is 0 Å². The molecule has 0 aliphatic heterocycles. The van der Waals surface area contributed by atoms with Crippen LogP contribution in [0.3, 0.4) is 0 Å². The number of aromatic hydroxyl groups is 1. The van der Waals surface area contributed by atoms with Crippen molar-refractivity contribution < 1.29 is 5.11 Å². The van der Waals surface area contributed by atoms with Gasteiger partial charge in [-0.1, -0.05) is 80.9 Å². The van der Waals surface area contributed by atoms with Crippen LogP contribution >= 0.6 is 0 Å². The Morgan fingerprint density at radius 1 is 0.957 bits per heavy atom. The summed E-state index contributed by atoms with van der Waals surface area (Å²) in [5, 5.41) is 10.9. The largest absolute Gasteiger partial charge is 0.507 e. The van der Waals surface area contributed by atoms with E-state index in [-0.39, 0.29) is 10.8 Å². The molecule has 0 spiro atoms. The second-order valence-corrected chi connectivity index (χ2v) is 9.67. The maximum atomic E-state index is 10.9. The molecule has 1 aromatic rings. The molecule has 1 unspecified atom stereocenters. The molecule has 0 fully saturated rings. The van der Waals surface area contributed by atoms with E-state index in [1.165, 1.54) is 5.56 Å². The molecule has 1 nitrogen and oxygen atoms in total. The zero-order valence-corrected chi connectivity index (χ0v) is 16.9. The predicted octanol–water partition coefficient (Wildman–Crippen LogP) is 6.50. The Labute approximate surface area is 144 Å². The Kier molecular flexibility index (Phi) is 6.35. The molecule has 1 N–H and O–H groups in total. The molecule has 1 rings (SSSR count). The molecular weight excluding hydrogens is 280 g/mol. The molecule has 0 saturated heterocycles. The van der Waals surface area contributed by atoms with Gasteiger partial charge in [-0.15, -0.1) is 0 Å². The van der Waals surface area contributed by atoms with Crippen molar-refractivity contribution in [3.05, 3.63) is 28.8 Å². The van der Waals surface area contributed by atoms with Gasteiger partial charge in [0.05, 0.1) is 0 Å². The summed E-state index contributed by atoms with van der Waals surface area (Å²) >= 11 is 0. The van der Waals surface area contributed by atoms with Crippen LogP contribution in [0.4, 0.5) is 0 Å². The summed E-state index contributed by atoms with van der Waals surface area (Å²) in [7, 11) is 0. The van der Waals surface area contributed by atoms with E-state index in [1.807, 2.05) is 0 Å². The van der Waals surface area contributed by atoms with Gasteiger partial charge in [0, 0.05) is 0 Å². The van der Waals surface area contributed by atoms with Gasteiger partial charge >= 0.3 is 0 Å². The number of benzene rings is 1. The summed E-state index contributed by atoms with van der Waals surface area (Å²) in [5.74, 6) is 1.73. The molecule has 1 aromatic carbocycles. The molecule has 0 aromatic heterocycles. The number of hydrogen-bond acceptors (Lipinski definition) is 1. The highest BCUT2D eigenvalue weighted by Crippen LogP contribution is 2.39. The first-order valence-corrected chi connectivity index (χ1v) is 9.21. The molecule has 1 heteroatoms. The first kappa shape index (κ1) is 20.1. The average molecular weight is 319 g/mol. The minimum Gasteiger partial charge on any atom is -0.507 e. The fourth-order valence-corrected chi connectivity index (χ4v) is 3.41. The molecule has 1 atom stereocenters. The first-order chi connectivity index (χ1) is 10.4. The van der Waals surface area contributed by atoms with Crippen LogP contribution in [0.5, 0.6) is 5.75 Å². The fraction of sp³-hybridized carbons (Fsp3) is 0.727. The Hall–Kier alpha value is -0.980. The van der Waals surface area contributed by atoms with Gasteiger partial charge in [0.1, 0.15) is 5.75 Å². The Bertz CT molecular complexity index is 512. The monoisotopic (exact) mass is 318 g/mol. The molecule has 0 amide bonds. The number of rotatable bonds is 5. The van der Waals surface area contributed by atoms with Crippen LogP contribution in [0.1, 0.15) is 85.4 Å². The van der Waals surface area contributed by atoms with Gasteiger partial charge in [-0.3, -0.25) is 0 Å². The smallest absolute Gasteiger partial charge is 0.122 e. The summed E-state index contributed by atoms with van der Waals surface area (Å²) in [4.78, 5) is 0. The molecule has 0 heterocycles. The highest BCUT2D eigenvalue weighted by Gasteiger charge is 2.27. The van der Waals surface area contributed by atoms with E-state index in [9.17, 15) is 5.11 Å². The van der Waals surface area contributed by atoms with Crippen LogP contribution in [0, 0.1) is 17.3 Å². The van der Waals surface area contributed by atoms with Gasteiger partial charge < -0.3 is 5.11 Å². The van der Waals surface area contributed by atoms with Crippen molar-refractivity contribution in [2.45, 2.75) is 87.0 Å². The minimum atomic E-state index is -0.0325. The lowest BCUT2D eigenvalue weighted by molar-refractivity contribution is 0.229. The quantitative estimate of drug-likeness (QED) is 0.656. The number of hydrogen-bond donors (Lipinski definition) is 1. The summed E-state index contributed by atoms with van der Waals surface area (Å²) in [5.41, 5.74) is 3.82. The lowest BCUT2D eigenvalue weighted by Crippen LogP contribution is -2.22. The van der Waals surface area contributed by atoms with Gasteiger partial charge in [-0.2, -0.15) is 0 Å². The molecule has 23 heavy (non-hydrogen) atoms. The molecule has 132 valence electrons. The lowest BCUT2D eigenvalue weighted by atomic mass is 9.74. The Morgan fingerprint density at radius 3 is 1.91 bits per heavy atom. The lowest BCUT2D eigenvalue weighted by Gasteiger charge is -2.31. The van der Waals surface area contributed by atoms with Crippen molar-refractivity contribution in [3.63, 3.8) is 0 Å². The van der Waals surface area contributed by atoms with Crippen LogP contribution < -0.4 is 0 Å². The van der Waals surface area contributed by atoms with E-state index in [2.05, 4.69) is 74.4 Å². The van der Waals surface area contributed by atoms with Gasteiger partial charge in [0.25, 0.3) is 0 Å². The molecule has 0 saturated carbocycles. The zero-order chi connectivity index (χ0) is 18.0. The summed E-state index contributed by atoms with van der Waals surface area (Å²) in [6.07, 6.45) is 3.17. The SMILES string of the molecule is CCC(Cc1cc(CC(C)C)cc(C(C)(C)C)c1O)C(C)(C)C. The Balaban J connectivity index is 3.34. The van der Waals surface area contributed by atoms with Crippen LogP contribution in [0.25, 0.3) is 0 Å². The van der Waals surface area contributed by atoms with Crippen LogP contribution in [0.15, 0.2) is 12.1 Å². The minimum absolute atomic E-state index is 0.0325. The normalized spacial score (nSPS) is 14.3. The van der Waals surface area contributed by atoms with Crippen molar-refractivity contribution in [2.75, 3.05) is 0 Å². The first-order valence-electron chi connectivity index (χ1n) is 9.21. The van der Waals surface area contributed by atoms with Crippen molar-refractivity contribution in [1.82, 2.24) is 0 Å². The van der Waals surface area contributed by atoms with Crippen LogP contribution in [-0.4, -0.2) is 5.11 Å². The van der Waals surface area contributed by atoms with E-state index in [4.69, 9.17) is 0 Å². The van der Waals surface area contributed by atoms with Gasteiger partial charge in [0.2, 0.25) is 0 Å². The Morgan fingerprint density at radius 2 is 1.52 bits per heavy atom.